The van der Waals surface area contributed by atoms with Crippen molar-refractivity contribution in [1.82, 2.24) is 10.2 Å². The Hall–Kier alpha value is -2.31. The lowest BCUT2D eigenvalue weighted by Gasteiger charge is -2.25. The number of carbonyl (C=O) groups is 1. The lowest BCUT2D eigenvalue weighted by molar-refractivity contribution is 0.181. The van der Waals surface area contributed by atoms with Gasteiger partial charge in [-0.1, -0.05) is 12.1 Å². The van der Waals surface area contributed by atoms with Gasteiger partial charge in [-0.05, 0) is 50.8 Å². The van der Waals surface area contributed by atoms with Gasteiger partial charge in [0, 0.05) is 18.3 Å². The second kappa shape index (κ2) is 7.72. The van der Waals surface area contributed by atoms with E-state index in [0.29, 0.717) is 13.2 Å². The summed E-state index contributed by atoms with van der Waals surface area (Å²) in [5.74, 6) is 0.951. The summed E-state index contributed by atoms with van der Waals surface area (Å²) in [5, 5.41) is 3.56. The molecular formula is C19H25N3O3. The molecule has 1 N–H and O–H groups in total. The Morgan fingerprint density at radius 3 is 2.56 bits per heavy atom. The van der Waals surface area contributed by atoms with Crippen molar-refractivity contribution < 1.29 is 13.9 Å². The lowest BCUT2D eigenvalue weighted by atomic mass is 10.1. The van der Waals surface area contributed by atoms with Gasteiger partial charge in [0.15, 0.2) is 0 Å². The van der Waals surface area contributed by atoms with Gasteiger partial charge in [-0.25, -0.2) is 4.79 Å². The zero-order chi connectivity index (χ0) is 17.8. The molecule has 0 saturated carbocycles. The van der Waals surface area contributed by atoms with Crippen LogP contribution in [0.1, 0.15) is 30.3 Å². The number of cyclic esters (lactones) is 1. The first kappa shape index (κ1) is 17.5. The minimum atomic E-state index is -0.272. The maximum Gasteiger partial charge on any atom is 0.414 e. The molecule has 2 atom stereocenters. The topological polar surface area (TPSA) is 58.0 Å². The van der Waals surface area contributed by atoms with Gasteiger partial charge in [-0.2, -0.15) is 0 Å². The van der Waals surface area contributed by atoms with Crippen LogP contribution >= 0.6 is 0 Å². The first-order valence-corrected chi connectivity index (χ1v) is 8.53. The molecule has 1 saturated heterocycles. The molecule has 0 radical (unpaired) electrons. The average Bonchev–Trinajstić information content (AvgIpc) is 3.26. The molecule has 1 aromatic heterocycles. The van der Waals surface area contributed by atoms with Crippen molar-refractivity contribution in [3.8, 4) is 0 Å². The van der Waals surface area contributed by atoms with Crippen molar-refractivity contribution in [3.63, 3.8) is 0 Å². The van der Waals surface area contributed by atoms with Crippen LogP contribution in [0.4, 0.5) is 10.5 Å². The van der Waals surface area contributed by atoms with E-state index in [1.54, 1.807) is 11.2 Å². The van der Waals surface area contributed by atoms with Crippen molar-refractivity contribution in [2.75, 3.05) is 38.7 Å². The molecule has 2 heterocycles. The highest BCUT2D eigenvalue weighted by atomic mass is 16.6. The number of benzene rings is 1. The fourth-order valence-corrected chi connectivity index (χ4v) is 3.00. The normalized spacial score (nSPS) is 17.0. The molecule has 0 aliphatic carbocycles. The molecule has 134 valence electrons. The van der Waals surface area contributed by atoms with Crippen LogP contribution in [-0.2, 0) is 4.74 Å². The highest BCUT2D eigenvalue weighted by Crippen LogP contribution is 2.23. The second-order valence-electron chi connectivity index (χ2n) is 6.48. The summed E-state index contributed by atoms with van der Waals surface area (Å²) in [6, 6.07) is 12.3. The summed E-state index contributed by atoms with van der Waals surface area (Å²) >= 11 is 0. The van der Waals surface area contributed by atoms with Crippen molar-refractivity contribution in [2.24, 2.45) is 0 Å². The first-order chi connectivity index (χ1) is 12.1. The van der Waals surface area contributed by atoms with Crippen LogP contribution in [0.15, 0.2) is 47.1 Å². The predicted molar refractivity (Wildman–Crippen MR) is 96.7 cm³/mol. The summed E-state index contributed by atoms with van der Waals surface area (Å²) in [6.07, 6.45) is 1.43. The van der Waals surface area contributed by atoms with Gasteiger partial charge in [-0.15, -0.1) is 0 Å². The fraction of sp³-hybridized carbons (Fsp3) is 0.421. The summed E-state index contributed by atoms with van der Waals surface area (Å²) < 4.78 is 10.5. The number of rotatable bonds is 7. The zero-order valence-corrected chi connectivity index (χ0v) is 14.9. The van der Waals surface area contributed by atoms with E-state index in [1.807, 2.05) is 38.4 Å². The Labute approximate surface area is 148 Å². The van der Waals surface area contributed by atoms with Crippen LogP contribution in [-0.4, -0.2) is 44.8 Å². The van der Waals surface area contributed by atoms with Gasteiger partial charge in [-0.3, -0.25) is 9.80 Å². The number of hydrogen-bond donors (Lipinski definition) is 1. The number of hydrogen-bond acceptors (Lipinski definition) is 5. The van der Waals surface area contributed by atoms with E-state index in [1.165, 1.54) is 5.56 Å². The average molecular weight is 343 g/mol. The third-order valence-electron chi connectivity index (χ3n) is 4.58. The van der Waals surface area contributed by atoms with E-state index in [4.69, 9.17) is 9.15 Å². The molecular weight excluding hydrogens is 318 g/mol. The second-order valence-corrected chi connectivity index (χ2v) is 6.48. The van der Waals surface area contributed by atoms with E-state index in [2.05, 4.69) is 29.3 Å². The molecule has 1 aliphatic rings. The molecule has 2 aromatic rings. The van der Waals surface area contributed by atoms with Crippen LogP contribution in [0, 0.1) is 0 Å². The summed E-state index contributed by atoms with van der Waals surface area (Å²) in [4.78, 5) is 15.4. The third-order valence-corrected chi connectivity index (χ3v) is 4.58. The molecule has 3 rings (SSSR count). The van der Waals surface area contributed by atoms with E-state index in [-0.39, 0.29) is 18.2 Å². The Morgan fingerprint density at radius 2 is 2.00 bits per heavy atom. The van der Waals surface area contributed by atoms with Gasteiger partial charge < -0.3 is 14.5 Å². The number of anilines is 1. The molecule has 0 spiro atoms. The number of nitrogens with one attached hydrogen (secondary N) is 1. The monoisotopic (exact) mass is 343 g/mol. The smallest absolute Gasteiger partial charge is 0.414 e. The quantitative estimate of drug-likeness (QED) is 0.837. The molecule has 1 aromatic carbocycles. The highest BCUT2D eigenvalue weighted by molar-refractivity contribution is 5.89. The van der Waals surface area contributed by atoms with Gasteiger partial charge in [0.05, 0.1) is 18.8 Å². The van der Waals surface area contributed by atoms with Gasteiger partial charge in [0.2, 0.25) is 0 Å². The number of amides is 1. The molecule has 0 bridgehead atoms. The first-order valence-electron chi connectivity index (χ1n) is 8.53. The van der Waals surface area contributed by atoms with Crippen molar-refractivity contribution >= 4 is 11.8 Å². The van der Waals surface area contributed by atoms with Crippen molar-refractivity contribution in [1.29, 1.82) is 0 Å². The molecule has 1 amide bonds. The Balaban J connectivity index is 1.61. The Kier molecular flexibility index (Phi) is 5.40. The van der Waals surface area contributed by atoms with Gasteiger partial charge in [0.25, 0.3) is 0 Å². The van der Waals surface area contributed by atoms with E-state index in [0.717, 1.165) is 18.0 Å². The van der Waals surface area contributed by atoms with E-state index < -0.39 is 0 Å². The Morgan fingerprint density at radius 1 is 1.24 bits per heavy atom. The predicted octanol–water partition coefficient (Wildman–Crippen LogP) is 3.19. The molecule has 6 heteroatoms. The molecule has 6 nitrogen and oxygen atoms in total. The maximum atomic E-state index is 11.6. The summed E-state index contributed by atoms with van der Waals surface area (Å²) in [7, 11) is 4.09. The van der Waals surface area contributed by atoms with Crippen molar-refractivity contribution in [2.45, 2.75) is 19.0 Å². The van der Waals surface area contributed by atoms with Crippen LogP contribution < -0.4 is 10.2 Å². The number of furan rings is 1. The lowest BCUT2D eigenvalue weighted by Crippen LogP contribution is -2.32. The molecule has 25 heavy (non-hydrogen) atoms. The largest absolute Gasteiger partial charge is 0.468 e. The summed E-state index contributed by atoms with van der Waals surface area (Å²) in [5.41, 5.74) is 2.05. The third kappa shape index (κ3) is 4.03. The van der Waals surface area contributed by atoms with Gasteiger partial charge >= 0.3 is 6.09 Å². The zero-order valence-electron chi connectivity index (χ0n) is 14.9. The van der Waals surface area contributed by atoms with Crippen molar-refractivity contribution in [3.05, 3.63) is 54.0 Å². The van der Waals surface area contributed by atoms with Crippen LogP contribution in [0.3, 0.4) is 0 Å². The van der Waals surface area contributed by atoms with E-state index >= 15 is 0 Å². The van der Waals surface area contributed by atoms with Crippen LogP contribution in [0.5, 0.6) is 0 Å². The minimum Gasteiger partial charge on any atom is -0.468 e. The molecule has 1 fully saturated rings. The standard InChI is InChI=1S/C19H25N3O3/c1-14(20-13-17(21(2)3)18-5-4-11-24-18)15-6-8-16(9-7-15)22-10-12-25-19(22)23/h4-9,11,14,17,20H,10,12-13H2,1-3H3/t14-,17+/m1/s1. The maximum absolute atomic E-state index is 11.6. The number of ether oxygens (including phenoxy) is 1. The minimum absolute atomic E-state index is 0.177. The van der Waals surface area contributed by atoms with Crippen LogP contribution in [0.25, 0.3) is 0 Å². The number of carbonyl (C=O) groups excluding carboxylic acids is 1. The fourth-order valence-electron chi connectivity index (χ4n) is 3.00. The van der Waals surface area contributed by atoms with Crippen LogP contribution in [0.2, 0.25) is 0 Å². The molecule has 1 aliphatic heterocycles. The summed E-state index contributed by atoms with van der Waals surface area (Å²) in [6.45, 7) is 3.98. The highest BCUT2D eigenvalue weighted by Gasteiger charge is 2.23. The van der Waals surface area contributed by atoms with E-state index in [9.17, 15) is 4.79 Å². The Bertz CT molecular complexity index is 682. The SMILES string of the molecule is C[C@@H](NC[C@@H](c1ccco1)N(C)C)c1ccc(N2CCOC2=O)cc1. The molecule has 0 unspecified atom stereocenters. The van der Waals surface area contributed by atoms with Gasteiger partial charge in [0.1, 0.15) is 12.4 Å². The number of nitrogens with zero attached hydrogens (tertiary/aromatic N) is 2. The number of likely N-dealkylation sites (N-methyl/N-ethyl adjacent to an activating group) is 1.